The Bertz CT molecular complexity index is 960. The summed E-state index contributed by atoms with van der Waals surface area (Å²) in [4.78, 5) is 27.0. The van der Waals surface area contributed by atoms with Crippen LogP contribution < -0.4 is 5.63 Å². The molecule has 24 heavy (non-hydrogen) atoms. The Morgan fingerprint density at radius 1 is 1.12 bits per heavy atom. The highest BCUT2D eigenvalue weighted by Crippen LogP contribution is 2.24. The van der Waals surface area contributed by atoms with Crippen LogP contribution in [0.4, 0.5) is 4.79 Å². The van der Waals surface area contributed by atoms with Gasteiger partial charge < -0.3 is 14.3 Å². The van der Waals surface area contributed by atoms with E-state index >= 15 is 0 Å². The maximum Gasteiger partial charge on any atom is 0.433 e. The zero-order chi connectivity index (χ0) is 16.9. The lowest BCUT2D eigenvalue weighted by Gasteiger charge is -2.03. The van der Waals surface area contributed by atoms with Crippen molar-refractivity contribution in [1.29, 1.82) is 0 Å². The van der Waals surface area contributed by atoms with E-state index in [1.807, 2.05) is 18.2 Å². The van der Waals surface area contributed by atoms with Crippen LogP contribution in [-0.4, -0.2) is 17.4 Å². The van der Waals surface area contributed by atoms with Crippen molar-refractivity contribution in [2.45, 2.75) is 6.61 Å². The number of fused-ring (bicyclic) bond motifs is 1. The Balaban J connectivity index is 1.78. The van der Waals surface area contributed by atoms with Crippen LogP contribution in [0.5, 0.6) is 5.75 Å². The number of aromatic hydroxyl groups is 1. The number of rotatable bonds is 3. The first-order chi connectivity index (χ1) is 11.6. The summed E-state index contributed by atoms with van der Waals surface area (Å²) in [5, 5.41) is 10.5. The summed E-state index contributed by atoms with van der Waals surface area (Å²) in [6.45, 7) is 0.0648. The van der Waals surface area contributed by atoms with E-state index < -0.39 is 11.7 Å². The number of ether oxygens (including phenoxy) is 1. The van der Waals surface area contributed by atoms with Crippen molar-refractivity contribution < 1.29 is 19.1 Å². The van der Waals surface area contributed by atoms with Crippen molar-refractivity contribution in [3.8, 4) is 5.75 Å². The van der Waals surface area contributed by atoms with Crippen LogP contribution in [0.2, 0.25) is 0 Å². The standard InChI is InChI=1S/C18H13NO5/c20-16-13-8-4-5-9-15(13)24-17(21)14(16)10-19-18(22)23-11-12-6-2-1-3-7-12/h1-10,20H,11H2/b19-10+. The third-order valence-electron chi connectivity index (χ3n) is 3.32. The zero-order valence-electron chi connectivity index (χ0n) is 12.5. The molecule has 0 saturated heterocycles. The van der Waals surface area contributed by atoms with E-state index in [-0.39, 0.29) is 23.5 Å². The van der Waals surface area contributed by atoms with Gasteiger partial charge in [0.05, 0.1) is 11.6 Å². The summed E-state index contributed by atoms with van der Waals surface area (Å²) in [6, 6.07) is 15.6. The second-order valence-corrected chi connectivity index (χ2v) is 4.95. The maximum atomic E-state index is 11.9. The number of carbonyl (C=O) groups is 1. The lowest BCUT2D eigenvalue weighted by molar-refractivity contribution is 0.151. The minimum absolute atomic E-state index is 0.0648. The Labute approximate surface area is 136 Å². The van der Waals surface area contributed by atoms with Crippen LogP contribution in [0.3, 0.4) is 0 Å². The molecule has 0 fully saturated rings. The van der Waals surface area contributed by atoms with Gasteiger partial charge in [-0.2, -0.15) is 4.99 Å². The molecule has 0 spiro atoms. The third-order valence-corrected chi connectivity index (χ3v) is 3.32. The van der Waals surface area contributed by atoms with Gasteiger partial charge in [0.25, 0.3) is 0 Å². The van der Waals surface area contributed by atoms with Crippen molar-refractivity contribution in [2.75, 3.05) is 0 Å². The molecule has 0 atom stereocenters. The smallest absolute Gasteiger partial charge is 0.433 e. The molecule has 2 aromatic carbocycles. The molecule has 0 aliphatic carbocycles. The molecular formula is C18H13NO5. The first-order valence-corrected chi connectivity index (χ1v) is 7.14. The van der Waals surface area contributed by atoms with Gasteiger partial charge in [-0.1, -0.05) is 42.5 Å². The highest BCUT2D eigenvalue weighted by molar-refractivity contribution is 5.96. The van der Waals surface area contributed by atoms with Crippen LogP contribution in [0.15, 0.2) is 68.8 Å². The lowest BCUT2D eigenvalue weighted by atomic mass is 10.1. The quantitative estimate of drug-likeness (QED) is 0.590. The zero-order valence-corrected chi connectivity index (χ0v) is 12.5. The maximum absolute atomic E-state index is 11.9. The molecule has 1 N–H and O–H groups in total. The molecule has 3 aromatic rings. The molecular weight excluding hydrogens is 310 g/mol. The van der Waals surface area contributed by atoms with Crippen molar-refractivity contribution in [1.82, 2.24) is 0 Å². The molecule has 0 saturated carbocycles. The summed E-state index contributed by atoms with van der Waals surface area (Å²) in [6.07, 6.45) is 0.0758. The van der Waals surface area contributed by atoms with Gasteiger partial charge in [0, 0.05) is 0 Å². The second kappa shape index (κ2) is 6.78. The normalized spacial score (nSPS) is 11.0. The largest absolute Gasteiger partial charge is 0.506 e. The molecule has 6 heteroatoms. The van der Waals surface area contributed by atoms with Gasteiger partial charge in [-0.3, -0.25) is 0 Å². The number of benzene rings is 2. The van der Waals surface area contributed by atoms with Gasteiger partial charge in [-0.05, 0) is 17.7 Å². The Morgan fingerprint density at radius 2 is 1.83 bits per heavy atom. The summed E-state index contributed by atoms with van der Waals surface area (Å²) in [5.41, 5.74) is 0.0779. The molecule has 3 rings (SSSR count). The minimum Gasteiger partial charge on any atom is -0.506 e. The van der Waals surface area contributed by atoms with E-state index in [0.29, 0.717) is 5.39 Å². The lowest BCUT2D eigenvalue weighted by Crippen LogP contribution is -2.08. The van der Waals surface area contributed by atoms with Crippen LogP contribution in [0.25, 0.3) is 11.0 Å². The topological polar surface area (TPSA) is 89.1 Å². The van der Waals surface area contributed by atoms with Crippen LogP contribution in [0, 0.1) is 0 Å². The first kappa shape index (κ1) is 15.5. The summed E-state index contributed by atoms with van der Waals surface area (Å²) in [7, 11) is 0. The summed E-state index contributed by atoms with van der Waals surface area (Å²) < 4.78 is 10.0. The number of amides is 1. The summed E-state index contributed by atoms with van der Waals surface area (Å²) in [5.74, 6) is -0.290. The van der Waals surface area contributed by atoms with Gasteiger partial charge in [0.2, 0.25) is 0 Å². The van der Waals surface area contributed by atoms with Crippen molar-refractivity contribution in [2.24, 2.45) is 4.99 Å². The number of hydrogen-bond donors (Lipinski definition) is 1. The fourth-order valence-corrected chi connectivity index (χ4v) is 2.14. The number of carbonyl (C=O) groups excluding carboxylic acids is 1. The molecule has 1 heterocycles. The van der Waals surface area contributed by atoms with Crippen LogP contribution in [-0.2, 0) is 11.3 Å². The number of hydrogen-bond acceptors (Lipinski definition) is 5. The summed E-state index contributed by atoms with van der Waals surface area (Å²) >= 11 is 0. The number of nitrogens with zero attached hydrogens (tertiary/aromatic N) is 1. The molecule has 1 aromatic heterocycles. The van der Waals surface area contributed by atoms with E-state index in [9.17, 15) is 14.7 Å². The molecule has 0 aliphatic heterocycles. The molecule has 0 radical (unpaired) electrons. The van der Waals surface area contributed by atoms with Crippen LogP contribution in [0.1, 0.15) is 11.1 Å². The highest BCUT2D eigenvalue weighted by atomic mass is 16.5. The monoisotopic (exact) mass is 323 g/mol. The Kier molecular flexibility index (Phi) is 4.38. The second-order valence-electron chi connectivity index (χ2n) is 4.95. The van der Waals surface area contributed by atoms with Gasteiger partial charge in [-0.25, -0.2) is 9.59 Å². The predicted octanol–water partition coefficient (Wildman–Crippen LogP) is 3.25. The average Bonchev–Trinajstić information content (AvgIpc) is 2.60. The SMILES string of the molecule is O=C(/N=C/c1c(O)c2ccccc2oc1=O)OCc1ccccc1. The predicted molar refractivity (Wildman–Crippen MR) is 88.4 cm³/mol. The average molecular weight is 323 g/mol. The van der Waals surface area contributed by atoms with Crippen molar-refractivity contribution >= 4 is 23.3 Å². The molecule has 0 aliphatic rings. The molecule has 1 amide bonds. The molecule has 0 unspecified atom stereocenters. The van der Waals surface area contributed by atoms with E-state index in [1.165, 1.54) is 0 Å². The van der Waals surface area contributed by atoms with E-state index in [1.54, 1.807) is 36.4 Å². The van der Waals surface area contributed by atoms with E-state index in [0.717, 1.165) is 11.8 Å². The van der Waals surface area contributed by atoms with E-state index in [4.69, 9.17) is 9.15 Å². The Hall–Kier alpha value is -3.41. The van der Waals surface area contributed by atoms with Crippen molar-refractivity contribution in [3.05, 3.63) is 76.1 Å². The fourth-order valence-electron chi connectivity index (χ4n) is 2.14. The van der Waals surface area contributed by atoms with Gasteiger partial charge in [0.1, 0.15) is 23.5 Å². The molecule has 0 bridgehead atoms. The molecule has 6 nitrogen and oxygen atoms in total. The van der Waals surface area contributed by atoms with Crippen LogP contribution >= 0.6 is 0 Å². The third kappa shape index (κ3) is 3.33. The minimum atomic E-state index is -0.870. The van der Waals surface area contributed by atoms with Gasteiger partial charge >= 0.3 is 11.7 Å². The Morgan fingerprint density at radius 3 is 2.62 bits per heavy atom. The van der Waals surface area contributed by atoms with E-state index in [2.05, 4.69) is 4.99 Å². The van der Waals surface area contributed by atoms with Gasteiger partial charge in [0.15, 0.2) is 0 Å². The molecule has 120 valence electrons. The van der Waals surface area contributed by atoms with Crippen molar-refractivity contribution in [3.63, 3.8) is 0 Å². The fraction of sp³-hybridized carbons (Fsp3) is 0.0556. The number of aliphatic imine (C=N–C) groups is 1. The highest BCUT2D eigenvalue weighted by Gasteiger charge is 2.12. The first-order valence-electron chi connectivity index (χ1n) is 7.14. The number of para-hydroxylation sites is 1. The van der Waals surface area contributed by atoms with Gasteiger partial charge in [-0.15, -0.1) is 0 Å².